The van der Waals surface area contributed by atoms with Gasteiger partial charge in [0.15, 0.2) is 0 Å². The largest absolute Gasteiger partial charge is 0.310 e. The summed E-state index contributed by atoms with van der Waals surface area (Å²) in [6.07, 6.45) is 0. The second kappa shape index (κ2) is 15.1. The van der Waals surface area contributed by atoms with Gasteiger partial charge in [-0.3, -0.25) is 0 Å². The molecule has 0 fully saturated rings. The van der Waals surface area contributed by atoms with Gasteiger partial charge in [-0.25, -0.2) is 0 Å². The molecule has 0 aliphatic carbocycles. The van der Waals surface area contributed by atoms with Crippen molar-refractivity contribution >= 4 is 104 Å². The van der Waals surface area contributed by atoms with Crippen LogP contribution in [0.3, 0.4) is 0 Å². The summed E-state index contributed by atoms with van der Waals surface area (Å²) in [6.45, 7) is 13.8. The Bertz CT molecular complexity index is 3770. The molecule has 0 bridgehead atoms. The SMILES string of the molecule is CC(C)(C)c1cccc(N(c2ccccc2)c2ccc3c4c5ccccc5c(N(c5ccccc5)c5cccc(C(C)(C)C)c5)c5c6sc7ccc(-c8ccccc8)cc7c6n(c3c2)c54)c1. The molecule has 320 valence electrons. The highest BCUT2D eigenvalue weighted by Crippen LogP contribution is 2.55. The first kappa shape index (κ1) is 40.1. The number of hydrogen-bond donors (Lipinski definition) is 0. The summed E-state index contributed by atoms with van der Waals surface area (Å²) < 4.78 is 5.21. The first-order valence-corrected chi connectivity index (χ1v) is 23.9. The van der Waals surface area contributed by atoms with Crippen molar-refractivity contribution in [3.8, 4) is 11.1 Å². The van der Waals surface area contributed by atoms with Gasteiger partial charge in [-0.2, -0.15) is 0 Å². The lowest BCUT2D eigenvalue weighted by molar-refractivity contribution is 0.590. The Morgan fingerprint density at radius 2 is 0.924 bits per heavy atom. The van der Waals surface area contributed by atoms with Crippen molar-refractivity contribution in [3.63, 3.8) is 0 Å². The van der Waals surface area contributed by atoms with Crippen molar-refractivity contribution in [2.75, 3.05) is 9.80 Å². The van der Waals surface area contributed by atoms with Crippen LogP contribution in [0, 0.1) is 0 Å². The van der Waals surface area contributed by atoms with Gasteiger partial charge in [-0.1, -0.05) is 169 Å². The van der Waals surface area contributed by atoms with E-state index in [0.717, 1.165) is 28.4 Å². The molecule has 0 aliphatic heterocycles. The van der Waals surface area contributed by atoms with E-state index in [1.54, 1.807) is 0 Å². The van der Waals surface area contributed by atoms with Gasteiger partial charge >= 0.3 is 0 Å². The molecular formula is C62H51N3S. The van der Waals surface area contributed by atoms with Crippen LogP contribution in [0.5, 0.6) is 0 Å². The van der Waals surface area contributed by atoms with Crippen LogP contribution >= 0.6 is 11.3 Å². The standard InChI is InChI=1S/C62H51N3S/c1-61(2,3)42-22-18-28-46(37-42)63(44-24-12-8-13-25-44)48-33-34-51-53(39-48)65-58-52-36-41(40-20-10-7-11-21-40)32-35-54(52)66-60(58)56-57(50-31-17-16-30-49(50)55(51)59(56)65)64(45-26-14-9-15-27-45)47-29-19-23-43(38-47)62(4,5)6/h7-39H,1-6H3. The monoisotopic (exact) mass is 869 g/mol. The summed E-state index contributed by atoms with van der Waals surface area (Å²) in [5.41, 5.74) is 15.6. The lowest BCUT2D eigenvalue weighted by Crippen LogP contribution is -2.15. The molecule has 12 rings (SSSR count). The average molecular weight is 870 g/mol. The predicted molar refractivity (Wildman–Crippen MR) is 286 cm³/mol. The van der Waals surface area contributed by atoms with E-state index in [9.17, 15) is 0 Å². The van der Waals surface area contributed by atoms with E-state index in [1.807, 2.05) is 11.3 Å². The van der Waals surface area contributed by atoms with E-state index in [0.29, 0.717) is 0 Å². The van der Waals surface area contributed by atoms with Crippen LogP contribution in [0.25, 0.3) is 69.4 Å². The zero-order valence-electron chi connectivity index (χ0n) is 38.3. The maximum atomic E-state index is 2.63. The molecule has 0 saturated carbocycles. The lowest BCUT2D eigenvalue weighted by Gasteiger charge is -2.30. The second-order valence-electron chi connectivity index (χ2n) is 19.8. The molecule has 3 nitrogen and oxygen atoms in total. The van der Waals surface area contributed by atoms with Crippen LogP contribution in [-0.4, -0.2) is 4.40 Å². The molecule has 0 spiro atoms. The Morgan fingerprint density at radius 3 is 1.56 bits per heavy atom. The molecule has 0 radical (unpaired) electrons. The summed E-state index contributed by atoms with van der Waals surface area (Å²) >= 11 is 1.92. The Labute approximate surface area is 390 Å². The summed E-state index contributed by atoms with van der Waals surface area (Å²) in [7, 11) is 0. The van der Waals surface area contributed by atoms with E-state index >= 15 is 0 Å². The lowest BCUT2D eigenvalue weighted by atomic mass is 9.86. The minimum absolute atomic E-state index is 0.000628. The molecule has 4 heteroatoms. The normalized spacial score (nSPS) is 12.4. The molecule has 3 heterocycles. The van der Waals surface area contributed by atoms with Crippen molar-refractivity contribution in [3.05, 3.63) is 211 Å². The van der Waals surface area contributed by atoms with Crippen LogP contribution in [0.4, 0.5) is 34.1 Å². The summed E-state index contributed by atoms with van der Waals surface area (Å²) in [6, 6.07) is 74.3. The Balaban J connectivity index is 1.25. The molecule has 0 amide bonds. The number of fused-ring (bicyclic) bond motifs is 10. The maximum absolute atomic E-state index is 2.63. The summed E-state index contributed by atoms with van der Waals surface area (Å²) in [4.78, 5) is 4.96. The van der Waals surface area contributed by atoms with Gasteiger partial charge in [0.05, 0.1) is 26.9 Å². The van der Waals surface area contributed by atoms with Gasteiger partial charge in [0.2, 0.25) is 0 Å². The Hall–Kier alpha value is -7.40. The highest BCUT2D eigenvalue weighted by atomic mass is 32.1. The van der Waals surface area contributed by atoms with Gasteiger partial charge in [0.25, 0.3) is 0 Å². The molecule has 9 aromatic carbocycles. The number of anilines is 6. The van der Waals surface area contributed by atoms with Crippen LogP contribution in [0.2, 0.25) is 0 Å². The van der Waals surface area contributed by atoms with Crippen molar-refractivity contribution in [2.24, 2.45) is 0 Å². The van der Waals surface area contributed by atoms with Crippen molar-refractivity contribution < 1.29 is 0 Å². The number of thiophene rings is 1. The fraction of sp³-hybridized carbons (Fsp3) is 0.129. The Morgan fingerprint density at radius 1 is 0.379 bits per heavy atom. The number of hydrogen-bond acceptors (Lipinski definition) is 3. The molecule has 12 aromatic rings. The van der Waals surface area contributed by atoms with Crippen molar-refractivity contribution in [1.29, 1.82) is 0 Å². The van der Waals surface area contributed by atoms with Crippen LogP contribution in [0.1, 0.15) is 52.7 Å². The third-order valence-electron chi connectivity index (χ3n) is 13.5. The number of aromatic nitrogens is 1. The number of benzene rings is 9. The van der Waals surface area contributed by atoms with E-state index in [2.05, 4.69) is 256 Å². The Kier molecular flexibility index (Phi) is 9.17. The number of rotatable bonds is 7. The van der Waals surface area contributed by atoms with Gasteiger partial charge in [0.1, 0.15) is 0 Å². The molecule has 0 saturated heterocycles. The first-order valence-electron chi connectivity index (χ1n) is 23.1. The van der Waals surface area contributed by atoms with Crippen molar-refractivity contribution in [2.45, 2.75) is 52.4 Å². The topological polar surface area (TPSA) is 10.9 Å². The fourth-order valence-electron chi connectivity index (χ4n) is 10.3. The zero-order chi connectivity index (χ0) is 44.9. The quantitative estimate of drug-likeness (QED) is 0.158. The highest BCUT2D eigenvalue weighted by Gasteiger charge is 2.31. The van der Waals surface area contributed by atoms with Gasteiger partial charge in [-0.15, -0.1) is 11.3 Å². The van der Waals surface area contributed by atoms with Gasteiger partial charge in [0, 0.05) is 60.1 Å². The van der Waals surface area contributed by atoms with Crippen LogP contribution < -0.4 is 9.80 Å². The highest BCUT2D eigenvalue weighted by molar-refractivity contribution is 7.26. The zero-order valence-corrected chi connectivity index (χ0v) is 39.1. The molecule has 0 aliphatic rings. The smallest absolute Gasteiger partial charge is 0.0729 e. The van der Waals surface area contributed by atoms with Crippen LogP contribution in [-0.2, 0) is 10.8 Å². The van der Waals surface area contributed by atoms with Crippen LogP contribution in [0.15, 0.2) is 200 Å². The molecule has 0 atom stereocenters. The predicted octanol–water partition coefficient (Wildman–Crippen LogP) is 18.4. The molecular weight excluding hydrogens is 819 g/mol. The number of nitrogens with zero attached hydrogens (tertiary/aromatic N) is 3. The molecule has 3 aromatic heterocycles. The molecule has 0 unspecified atom stereocenters. The maximum Gasteiger partial charge on any atom is 0.0729 e. The molecule has 0 N–H and O–H groups in total. The minimum Gasteiger partial charge on any atom is -0.310 e. The van der Waals surface area contributed by atoms with E-state index < -0.39 is 0 Å². The fourth-order valence-corrected chi connectivity index (χ4v) is 11.5. The third kappa shape index (κ3) is 6.38. The van der Waals surface area contributed by atoms with Gasteiger partial charge < -0.3 is 14.2 Å². The third-order valence-corrected chi connectivity index (χ3v) is 14.7. The first-order chi connectivity index (χ1) is 32.0. The summed E-state index contributed by atoms with van der Waals surface area (Å²) in [5, 5.41) is 7.57. The average Bonchev–Trinajstić information content (AvgIpc) is 3.98. The van der Waals surface area contributed by atoms with E-state index in [1.165, 1.54) is 86.2 Å². The van der Waals surface area contributed by atoms with E-state index in [-0.39, 0.29) is 10.8 Å². The van der Waals surface area contributed by atoms with E-state index in [4.69, 9.17) is 0 Å². The number of para-hydroxylation sites is 2. The second-order valence-corrected chi connectivity index (χ2v) is 20.9. The minimum atomic E-state index is -0.0257. The van der Waals surface area contributed by atoms with Gasteiger partial charge in [-0.05, 0) is 111 Å². The molecule has 66 heavy (non-hydrogen) atoms. The van der Waals surface area contributed by atoms with Crippen molar-refractivity contribution in [1.82, 2.24) is 4.40 Å². The summed E-state index contributed by atoms with van der Waals surface area (Å²) in [5.74, 6) is 0.